The molecule has 1 saturated heterocycles. The molecule has 0 spiro atoms. The fourth-order valence-electron chi connectivity index (χ4n) is 3.02. The van der Waals surface area contributed by atoms with Gasteiger partial charge in [0.15, 0.2) is 6.61 Å². The van der Waals surface area contributed by atoms with Crippen LogP contribution in [0.2, 0.25) is 0 Å². The summed E-state index contributed by atoms with van der Waals surface area (Å²) in [6.07, 6.45) is 3.83. The van der Waals surface area contributed by atoms with Crippen LogP contribution in [0.15, 0.2) is 36.5 Å². The molecule has 2 heterocycles. The molecule has 1 fully saturated rings. The first kappa shape index (κ1) is 19.2. The number of aryl methyl sites for hydroxylation is 1. The second-order valence-corrected chi connectivity index (χ2v) is 7.04. The van der Waals surface area contributed by atoms with E-state index in [4.69, 9.17) is 9.47 Å². The minimum atomic E-state index is -0.221. The highest BCUT2D eigenvalue weighted by Crippen LogP contribution is 2.21. The van der Waals surface area contributed by atoms with Crippen molar-refractivity contribution in [2.24, 2.45) is 0 Å². The Labute approximate surface area is 160 Å². The minimum absolute atomic E-state index is 0.0435. The van der Waals surface area contributed by atoms with E-state index >= 15 is 0 Å². The van der Waals surface area contributed by atoms with Gasteiger partial charge in [0.2, 0.25) is 5.88 Å². The Morgan fingerprint density at radius 2 is 2.00 bits per heavy atom. The van der Waals surface area contributed by atoms with Gasteiger partial charge >= 0.3 is 0 Å². The van der Waals surface area contributed by atoms with Crippen molar-refractivity contribution in [3.05, 3.63) is 47.7 Å². The largest absolute Gasteiger partial charge is 0.483 e. The van der Waals surface area contributed by atoms with E-state index in [9.17, 15) is 4.79 Å². The van der Waals surface area contributed by atoms with Gasteiger partial charge in [-0.25, -0.2) is 4.98 Å². The summed E-state index contributed by atoms with van der Waals surface area (Å²) in [7, 11) is 2.12. The number of pyridine rings is 1. The van der Waals surface area contributed by atoms with Crippen LogP contribution in [0.4, 0.5) is 5.69 Å². The molecular formula is C21H27N3O3. The maximum absolute atomic E-state index is 12.1. The molecule has 0 unspecified atom stereocenters. The molecule has 0 saturated carbocycles. The number of carbonyl (C=O) groups is 1. The van der Waals surface area contributed by atoms with Gasteiger partial charge in [-0.2, -0.15) is 0 Å². The Bertz CT molecular complexity index is 769. The van der Waals surface area contributed by atoms with E-state index in [0.717, 1.165) is 42.8 Å². The Morgan fingerprint density at radius 1 is 1.22 bits per heavy atom. The van der Waals surface area contributed by atoms with Crippen molar-refractivity contribution in [2.45, 2.75) is 32.8 Å². The average Bonchev–Trinajstić information content (AvgIpc) is 2.66. The van der Waals surface area contributed by atoms with Crippen LogP contribution in [-0.2, 0) is 4.79 Å². The maximum atomic E-state index is 12.1. The number of likely N-dealkylation sites (tertiary alicyclic amines) is 1. The number of nitrogens with one attached hydrogen (secondary N) is 1. The summed E-state index contributed by atoms with van der Waals surface area (Å²) in [5.41, 5.74) is 2.81. The first-order valence-corrected chi connectivity index (χ1v) is 9.31. The fourth-order valence-corrected chi connectivity index (χ4v) is 3.02. The van der Waals surface area contributed by atoms with E-state index in [0.29, 0.717) is 11.6 Å². The van der Waals surface area contributed by atoms with Crippen LogP contribution >= 0.6 is 0 Å². The minimum Gasteiger partial charge on any atom is -0.483 e. The van der Waals surface area contributed by atoms with Gasteiger partial charge < -0.3 is 19.7 Å². The van der Waals surface area contributed by atoms with Crippen LogP contribution in [0.1, 0.15) is 24.0 Å². The van der Waals surface area contributed by atoms with Gasteiger partial charge in [0.25, 0.3) is 5.91 Å². The smallest absolute Gasteiger partial charge is 0.262 e. The molecule has 1 aliphatic rings. The van der Waals surface area contributed by atoms with Gasteiger partial charge in [0, 0.05) is 19.2 Å². The zero-order valence-corrected chi connectivity index (χ0v) is 16.2. The molecule has 0 radical (unpaired) electrons. The SMILES string of the molecule is Cc1cccc(OCC(=O)Nc2ccc(OC3CCN(C)CC3)nc2)c1C. The highest BCUT2D eigenvalue weighted by atomic mass is 16.5. The monoisotopic (exact) mass is 369 g/mol. The third-order valence-electron chi connectivity index (χ3n) is 4.89. The van der Waals surface area contributed by atoms with E-state index in [1.54, 1.807) is 18.3 Å². The molecule has 27 heavy (non-hydrogen) atoms. The van der Waals surface area contributed by atoms with Crippen molar-refractivity contribution in [3.63, 3.8) is 0 Å². The first-order chi connectivity index (χ1) is 13.0. The van der Waals surface area contributed by atoms with Crippen molar-refractivity contribution in [2.75, 3.05) is 32.1 Å². The lowest BCUT2D eigenvalue weighted by Gasteiger charge is -2.28. The number of ether oxygens (including phenoxy) is 2. The van der Waals surface area contributed by atoms with Crippen molar-refractivity contribution in [3.8, 4) is 11.6 Å². The maximum Gasteiger partial charge on any atom is 0.262 e. The van der Waals surface area contributed by atoms with E-state index < -0.39 is 0 Å². The van der Waals surface area contributed by atoms with E-state index in [-0.39, 0.29) is 18.6 Å². The molecule has 1 aliphatic heterocycles. The fraction of sp³-hybridized carbons (Fsp3) is 0.429. The van der Waals surface area contributed by atoms with Crippen molar-refractivity contribution < 1.29 is 14.3 Å². The van der Waals surface area contributed by atoms with E-state index in [1.165, 1.54) is 0 Å². The summed E-state index contributed by atoms with van der Waals surface area (Å²) in [6.45, 7) is 6.04. The third-order valence-corrected chi connectivity index (χ3v) is 4.89. The number of aromatic nitrogens is 1. The van der Waals surface area contributed by atoms with Crippen molar-refractivity contribution >= 4 is 11.6 Å². The lowest BCUT2D eigenvalue weighted by Crippen LogP contribution is -2.35. The summed E-state index contributed by atoms with van der Waals surface area (Å²) in [4.78, 5) is 18.7. The zero-order chi connectivity index (χ0) is 19.2. The number of carbonyl (C=O) groups excluding carboxylic acids is 1. The predicted molar refractivity (Wildman–Crippen MR) is 105 cm³/mol. The second kappa shape index (κ2) is 8.86. The van der Waals surface area contributed by atoms with Crippen molar-refractivity contribution in [1.82, 2.24) is 9.88 Å². The van der Waals surface area contributed by atoms with Gasteiger partial charge in [-0.1, -0.05) is 12.1 Å². The summed E-state index contributed by atoms with van der Waals surface area (Å²) in [5, 5.41) is 2.79. The molecule has 3 rings (SSSR count). The summed E-state index contributed by atoms with van der Waals surface area (Å²) < 4.78 is 11.5. The predicted octanol–water partition coefficient (Wildman–Crippen LogP) is 3.19. The average molecular weight is 369 g/mol. The molecular weight excluding hydrogens is 342 g/mol. The van der Waals surface area contributed by atoms with Gasteiger partial charge in [0.05, 0.1) is 11.9 Å². The van der Waals surface area contributed by atoms with Gasteiger partial charge in [0.1, 0.15) is 11.9 Å². The van der Waals surface area contributed by atoms with Gasteiger partial charge in [-0.05, 0) is 57.0 Å². The molecule has 2 aromatic rings. The molecule has 1 aromatic heterocycles. The van der Waals surface area contributed by atoms with Crippen LogP contribution < -0.4 is 14.8 Å². The Balaban J connectivity index is 1.47. The molecule has 0 bridgehead atoms. The number of hydrogen-bond acceptors (Lipinski definition) is 5. The number of nitrogens with zero attached hydrogens (tertiary/aromatic N) is 2. The summed E-state index contributed by atoms with van der Waals surface area (Å²) >= 11 is 0. The van der Waals surface area contributed by atoms with Crippen LogP contribution in [0, 0.1) is 13.8 Å². The van der Waals surface area contributed by atoms with Gasteiger partial charge in [-0.3, -0.25) is 4.79 Å². The lowest BCUT2D eigenvalue weighted by molar-refractivity contribution is -0.118. The standard InChI is InChI=1S/C21H27N3O3/c1-15-5-4-6-19(16(15)2)26-14-20(25)23-17-7-8-21(22-13-17)27-18-9-11-24(3)12-10-18/h4-8,13,18H,9-12,14H2,1-3H3,(H,23,25). The topological polar surface area (TPSA) is 63.7 Å². The molecule has 1 aromatic carbocycles. The molecule has 0 aliphatic carbocycles. The van der Waals surface area contributed by atoms with Crippen LogP contribution in [0.5, 0.6) is 11.6 Å². The molecule has 144 valence electrons. The van der Waals surface area contributed by atoms with Crippen LogP contribution in [-0.4, -0.2) is 48.6 Å². The molecule has 1 N–H and O–H groups in total. The molecule has 6 nitrogen and oxygen atoms in total. The Morgan fingerprint density at radius 3 is 2.70 bits per heavy atom. The number of hydrogen-bond donors (Lipinski definition) is 1. The normalized spacial score (nSPS) is 15.4. The third kappa shape index (κ3) is 5.44. The van der Waals surface area contributed by atoms with Crippen LogP contribution in [0.3, 0.4) is 0 Å². The molecule has 1 amide bonds. The Hall–Kier alpha value is -2.60. The van der Waals surface area contributed by atoms with E-state index in [2.05, 4.69) is 22.2 Å². The van der Waals surface area contributed by atoms with Crippen molar-refractivity contribution in [1.29, 1.82) is 0 Å². The molecule has 6 heteroatoms. The highest BCUT2D eigenvalue weighted by molar-refractivity contribution is 5.91. The number of anilines is 1. The lowest BCUT2D eigenvalue weighted by atomic mass is 10.1. The second-order valence-electron chi connectivity index (χ2n) is 7.04. The van der Waals surface area contributed by atoms with E-state index in [1.807, 2.05) is 32.0 Å². The quantitative estimate of drug-likeness (QED) is 0.847. The number of amides is 1. The van der Waals surface area contributed by atoms with Crippen LogP contribution in [0.25, 0.3) is 0 Å². The zero-order valence-electron chi connectivity index (χ0n) is 16.2. The summed E-state index contributed by atoms with van der Waals surface area (Å²) in [5.74, 6) is 1.10. The Kier molecular flexibility index (Phi) is 6.29. The highest BCUT2D eigenvalue weighted by Gasteiger charge is 2.18. The number of piperidine rings is 1. The first-order valence-electron chi connectivity index (χ1n) is 9.31. The number of benzene rings is 1. The number of rotatable bonds is 6. The molecule has 0 atom stereocenters. The summed E-state index contributed by atoms with van der Waals surface area (Å²) in [6, 6.07) is 9.39. The van der Waals surface area contributed by atoms with Gasteiger partial charge in [-0.15, -0.1) is 0 Å².